The van der Waals surface area contributed by atoms with Crippen molar-refractivity contribution in [1.82, 2.24) is 0 Å². The first-order chi connectivity index (χ1) is 6.49. The van der Waals surface area contributed by atoms with Crippen molar-refractivity contribution in [3.05, 3.63) is 16.4 Å². The minimum atomic E-state index is -2.05. The van der Waals surface area contributed by atoms with Crippen molar-refractivity contribution < 1.29 is 30.0 Å². The van der Waals surface area contributed by atoms with E-state index in [0.717, 1.165) is 0 Å². The predicted octanol–water partition coefficient (Wildman–Crippen LogP) is -1.31. The average Bonchev–Trinajstić information content (AvgIpc) is 2.43. The summed E-state index contributed by atoms with van der Waals surface area (Å²) in [5.74, 6) is -3.25. The minimum absolute atomic E-state index is 0.940. The van der Waals surface area contributed by atoms with Gasteiger partial charge in [-0.2, -0.15) is 0 Å². The number of nitrogens with zero attached hydrogens (tertiary/aromatic N) is 1. The molecule has 0 aromatic heterocycles. The molecule has 8 heteroatoms. The minimum Gasteiger partial charge on any atom is -0.505 e. The summed E-state index contributed by atoms with van der Waals surface area (Å²) in [6, 6.07) is 0. The number of carbonyl (C=O) groups is 1. The summed E-state index contributed by atoms with van der Waals surface area (Å²) in [4.78, 5) is 20.4. The van der Waals surface area contributed by atoms with Gasteiger partial charge in [0.05, 0.1) is 0 Å². The number of esters is 1. The Labute approximate surface area is 77.0 Å². The van der Waals surface area contributed by atoms with E-state index < -0.39 is 35.9 Å². The van der Waals surface area contributed by atoms with Crippen LogP contribution >= 0.6 is 0 Å². The lowest BCUT2D eigenvalue weighted by atomic mass is 10.1. The lowest BCUT2D eigenvalue weighted by Gasteiger charge is -2.17. The van der Waals surface area contributed by atoms with Gasteiger partial charge >= 0.3 is 5.97 Å². The maximum absolute atomic E-state index is 10.6. The van der Waals surface area contributed by atoms with Gasteiger partial charge in [0.2, 0.25) is 12.0 Å². The summed E-state index contributed by atoms with van der Waals surface area (Å²) < 4.78 is 4.25. The highest BCUT2D eigenvalue weighted by molar-refractivity contribution is 5.89. The van der Waals surface area contributed by atoms with Gasteiger partial charge in [-0.05, 0) is 5.18 Å². The van der Waals surface area contributed by atoms with Crippen LogP contribution in [0.3, 0.4) is 0 Å². The molecule has 1 heterocycles. The third kappa shape index (κ3) is 1.52. The Bertz CT molecular complexity index is 299. The first kappa shape index (κ1) is 10.4. The molecule has 0 radical (unpaired) electrons. The lowest BCUT2D eigenvalue weighted by molar-refractivity contribution is -0.150. The van der Waals surface area contributed by atoms with Gasteiger partial charge in [0.1, 0.15) is 6.10 Å². The first-order valence-corrected chi connectivity index (χ1v) is 3.50. The third-order valence-electron chi connectivity index (χ3n) is 1.66. The smallest absolute Gasteiger partial charge is 0.377 e. The van der Waals surface area contributed by atoms with Crippen molar-refractivity contribution in [1.29, 1.82) is 0 Å². The van der Waals surface area contributed by atoms with Crippen LogP contribution in [0.5, 0.6) is 0 Å². The molecular weight excluding hydrogens is 198 g/mol. The normalized spacial score (nSPS) is 25.9. The van der Waals surface area contributed by atoms with Crippen molar-refractivity contribution in [2.75, 3.05) is 0 Å². The number of cyclic esters (lactones) is 1. The molecule has 0 saturated heterocycles. The van der Waals surface area contributed by atoms with Crippen LogP contribution in [-0.2, 0) is 9.53 Å². The van der Waals surface area contributed by atoms with Gasteiger partial charge in [-0.1, -0.05) is 0 Å². The fraction of sp³-hybridized carbons (Fsp3) is 0.500. The van der Waals surface area contributed by atoms with Crippen LogP contribution in [0.1, 0.15) is 0 Å². The Kier molecular flexibility index (Phi) is 2.68. The number of nitroso groups, excluding NO2 is 1. The molecule has 78 valence electrons. The number of ether oxygens (including phenoxy) is 1. The van der Waals surface area contributed by atoms with E-state index in [0.29, 0.717) is 0 Å². The zero-order valence-electron chi connectivity index (χ0n) is 6.69. The summed E-state index contributed by atoms with van der Waals surface area (Å²) in [5.41, 5.74) is 0. The highest BCUT2D eigenvalue weighted by Gasteiger charge is 2.42. The molecule has 0 bridgehead atoms. The largest absolute Gasteiger partial charge is 0.505 e. The fourth-order valence-electron chi connectivity index (χ4n) is 0.916. The van der Waals surface area contributed by atoms with Crippen molar-refractivity contribution in [2.24, 2.45) is 5.18 Å². The third-order valence-corrected chi connectivity index (χ3v) is 1.66. The molecule has 1 unspecified atom stereocenters. The molecule has 0 aromatic carbocycles. The highest BCUT2D eigenvalue weighted by Crippen LogP contribution is 2.22. The Morgan fingerprint density at radius 2 is 1.93 bits per heavy atom. The number of aliphatic hydroxyl groups excluding tert-OH is 4. The first-order valence-electron chi connectivity index (χ1n) is 3.50. The Morgan fingerprint density at radius 3 is 2.29 bits per heavy atom. The molecule has 0 aliphatic carbocycles. The highest BCUT2D eigenvalue weighted by atomic mass is 16.6. The Hall–Kier alpha value is -1.67. The zero-order valence-corrected chi connectivity index (χ0v) is 6.69. The van der Waals surface area contributed by atoms with Crippen LogP contribution < -0.4 is 0 Å². The zero-order chi connectivity index (χ0) is 10.9. The lowest BCUT2D eigenvalue weighted by Crippen LogP contribution is -2.37. The molecule has 0 spiro atoms. The van der Waals surface area contributed by atoms with Crippen LogP contribution in [-0.4, -0.2) is 44.8 Å². The molecule has 14 heavy (non-hydrogen) atoms. The van der Waals surface area contributed by atoms with Gasteiger partial charge in [-0.15, -0.1) is 4.91 Å². The molecule has 8 nitrogen and oxygen atoms in total. The van der Waals surface area contributed by atoms with Gasteiger partial charge in [0, 0.05) is 0 Å². The molecule has 1 aliphatic rings. The summed E-state index contributed by atoms with van der Waals surface area (Å²) in [6.45, 7) is 0. The van der Waals surface area contributed by atoms with E-state index in [2.05, 4.69) is 9.91 Å². The number of carbonyl (C=O) groups excluding carboxylic acids is 1. The van der Waals surface area contributed by atoms with Crippen LogP contribution in [0.15, 0.2) is 16.7 Å². The van der Waals surface area contributed by atoms with E-state index in [1.807, 2.05) is 0 Å². The molecular formula is C6H7NO7. The van der Waals surface area contributed by atoms with E-state index in [1.165, 1.54) is 0 Å². The van der Waals surface area contributed by atoms with Gasteiger partial charge in [-0.3, -0.25) is 0 Å². The Balaban J connectivity index is 2.83. The number of hydrogen-bond donors (Lipinski definition) is 4. The van der Waals surface area contributed by atoms with E-state index in [9.17, 15) is 9.70 Å². The van der Waals surface area contributed by atoms with E-state index in [-0.39, 0.29) is 0 Å². The van der Waals surface area contributed by atoms with E-state index in [4.69, 9.17) is 20.4 Å². The van der Waals surface area contributed by atoms with Crippen molar-refractivity contribution in [3.63, 3.8) is 0 Å². The monoisotopic (exact) mass is 205 g/mol. The van der Waals surface area contributed by atoms with Crippen molar-refractivity contribution in [3.8, 4) is 0 Å². The number of hydrogen-bond acceptors (Lipinski definition) is 8. The second-order valence-electron chi connectivity index (χ2n) is 2.57. The Morgan fingerprint density at radius 1 is 1.36 bits per heavy atom. The molecule has 0 amide bonds. The average molecular weight is 205 g/mol. The van der Waals surface area contributed by atoms with Gasteiger partial charge in [0.15, 0.2) is 11.9 Å². The molecule has 1 aliphatic heterocycles. The molecule has 4 N–H and O–H groups in total. The molecule has 3 atom stereocenters. The van der Waals surface area contributed by atoms with Crippen molar-refractivity contribution >= 4 is 5.97 Å². The van der Waals surface area contributed by atoms with Crippen molar-refractivity contribution in [2.45, 2.75) is 18.4 Å². The molecule has 1 rings (SSSR count). The quantitative estimate of drug-likeness (QED) is 0.331. The van der Waals surface area contributed by atoms with Gasteiger partial charge in [0.25, 0.3) is 0 Å². The van der Waals surface area contributed by atoms with Gasteiger partial charge in [-0.25, -0.2) is 4.79 Å². The fourth-order valence-corrected chi connectivity index (χ4v) is 0.916. The van der Waals surface area contributed by atoms with E-state index in [1.54, 1.807) is 0 Å². The SMILES string of the molecule is O=NC(O)[C@H](O)[C@H]1OC(=O)C(O)=C1O. The second-order valence-corrected chi connectivity index (χ2v) is 2.57. The summed E-state index contributed by atoms with van der Waals surface area (Å²) >= 11 is 0. The van der Waals surface area contributed by atoms with E-state index >= 15 is 0 Å². The summed E-state index contributed by atoms with van der Waals surface area (Å²) in [6.07, 6.45) is -5.64. The molecule has 0 fully saturated rings. The number of rotatable bonds is 3. The summed E-state index contributed by atoms with van der Waals surface area (Å²) in [7, 11) is 0. The topological polar surface area (TPSA) is 137 Å². The van der Waals surface area contributed by atoms with Crippen LogP contribution in [0.4, 0.5) is 0 Å². The van der Waals surface area contributed by atoms with Crippen LogP contribution in [0, 0.1) is 4.91 Å². The predicted molar refractivity (Wildman–Crippen MR) is 40.0 cm³/mol. The summed E-state index contributed by atoms with van der Waals surface area (Å²) in [5, 5.41) is 37.7. The van der Waals surface area contributed by atoms with Crippen LogP contribution in [0.2, 0.25) is 0 Å². The van der Waals surface area contributed by atoms with Crippen LogP contribution in [0.25, 0.3) is 0 Å². The number of aliphatic hydroxyl groups is 4. The van der Waals surface area contributed by atoms with Gasteiger partial charge < -0.3 is 25.2 Å². The molecule has 0 saturated carbocycles. The maximum Gasteiger partial charge on any atom is 0.377 e. The second kappa shape index (κ2) is 3.60. The maximum atomic E-state index is 10.6. The standard InChI is InChI=1S/C6H7NO7/c8-1-2(9)6(12)14-4(1)3(10)5(11)7-13/h3-5,8-11H/t3-,4+,5?/m1/s1. The molecule has 0 aromatic rings.